The number of hydrogen-bond donors (Lipinski definition) is 1. The van der Waals surface area contributed by atoms with Crippen molar-refractivity contribution in [2.24, 2.45) is 5.92 Å². The molecular weight excluding hydrogens is 192 g/mol. The van der Waals surface area contributed by atoms with Gasteiger partial charge in [-0.25, -0.2) is 0 Å². The number of nitrogens with zero attached hydrogens (tertiary/aromatic N) is 1. The van der Waals surface area contributed by atoms with Crippen molar-refractivity contribution in [1.29, 1.82) is 0 Å². The van der Waals surface area contributed by atoms with Crippen molar-refractivity contribution in [1.82, 2.24) is 10.2 Å². The molecule has 86 valence electrons. The quantitative estimate of drug-likeness (QED) is 0.735. The van der Waals surface area contributed by atoms with Crippen LogP contribution in [0, 0.1) is 5.92 Å². The van der Waals surface area contributed by atoms with Crippen LogP contribution in [0.3, 0.4) is 0 Å². The van der Waals surface area contributed by atoms with Crippen LogP contribution in [0.4, 0.5) is 0 Å². The van der Waals surface area contributed by atoms with Crippen LogP contribution in [0.5, 0.6) is 0 Å². The molecule has 2 amide bonds. The van der Waals surface area contributed by atoms with E-state index in [2.05, 4.69) is 5.32 Å². The number of likely N-dealkylation sites (N-methyl/N-ethyl adjacent to an activating group) is 1. The van der Waals surface area contributed by atoms with Gasteiger partial charge in [-0.3, -0.25) is 9.59 Å². The Morgan fingerprint density at radius 3 is 2.67 bits per heavy atom. The lowest BCUT2D eigenvalue weighted by Gasteiger charge is -2.26. The van der Waals surface area contributed by atoms with Gasteiger partial charge in [0.05, 0.1) is 0 Å². The average Bonchev–Trinajstić information content (AvgIpc) is 2.30. The second kappa shape index (κ2) is 4.64. The number of carbonyl (C=O) groups excluding carboxylic acids is 2. The Labute approximate surface area is 91.0 Å². The third kappa shape index (κ3) is 2.49. The molecule has 0 saturated carbocycles. The molecule has 1 aliphatic heterocycles. The fourth-order valence-electron chi connectivity index (χ4n) is 1.76. The minimum Gasteiger partial charge on any atom is -0.344 e. The van der Waals surface area contributed by atoms with Gasteiger partial charge in [0, 0.05) is 19.5 Å². The molecule has 0 aliphatic carbocycles. The summed E-state index contributed by atoms with van der Waals surface area (Å²) in [7, 11) is 1.77. The minimum absolute atomic E-state index is 0.00782. The van der Waals surface area contributed by atoms with Crippen molar-refractivity contribution in [2.45, 2.75) is 45.7 Å². The molecule has 4 nitrogen and oxygen atoms in total. The lowest BCUT2D eigenvalue weighted by atomic mass is 9.98. The van der Waals surface area contributed by atoms with Crippen LogP contribution in [-0.2, 0) is 9.59 Å². The summed E-state index contributed by atoms with van der Waals surface area (Å²) >= 11 is 0. The molecule has 0 bridgehead atoms. The van der Waals surface area contributed by atoms with Gasteiger partial charge in [-0.1, -0.05) is 20.3 Å². The molecule has 0 aromatic heterocycles. The Hall–Kier alpha value is -1.06. The number of rotatable bonds is 2. The highest BCUT2D eigenvalue weighted by molar-refractivity contribution is 5.90. The molecule has 1 heterocycles. The van der Waals surface area contributed by atoms with E-state index in [-0.39, 0.29) is 29.8 Å². The Morgan fingerprint density at radius 2 is 2.13 bits per heavy atom. The normalized spacial score (nSPS) is 29.7. The van der Waals surface area contributed by atoms with Crippen LogP contribution in [0.2, 0.25) is 0 Å². The Kier molecular flexibility index (Phi) is 3.72. The van der Waals surface area contributed by atoms with Crippen molar-refractivity contribution in [3.8, 4) is 0 Å². The second-order valence-electron chi connectivity index (χ2n) is 4.43. The number of carbonyl (C=O) groups is 2. The minimum atomic E-state index is -0.350. The molecule has 1 rings (SSSR count). The van der Waals surface area contributed by atoms with Gasteiger partial charge in [-0.05, 0) is 12.8 Å². The summed E-state index contributed by atoms with van der Waals surface area (Å²) in [5.74, 6) is 0.197. The van der Waals surface area contributed by atoms with Gasteiger partial charge in [-0.2, -0.15) is 0 Å². The van der Waals surface area contributed by atoms with E-state index in [9.17, 15) is 9.59 Å². The van der Waals surface area contributed by atoms with Crippen molar-refractivity contribution < 1.29 is 9.59 Å². The number of nitrogens with one attached hydrogen (secondary N) is 1. The number of amides is 2. The second-order valence-corrected chi connectivity index (χ2v) is 4.43. The topological polar surface area (TPSA) is 49.4 Å². The molecule has 0 aromatic carbocycles. The van der Waals surface area contributed by atoms with Crippen LogP contribution in [0.15, 0.2) is 0 Å². The lowest BCUT2D eigenvalue weighted by Crippen LogP contribution is -2.48. The molecule has 0 radical (unpaired) electrons. The molecular formula is C11H20N2O2. The van der Waals surface area contributed by atoms with Crippen molar-refractivity contribution in [3.63, 3.8) is 0 Å². The summed E-state index contributed by atoms with van der Waals surface area (Å²) in [6, 6.07) is -0.357. The van der Waals surface area contributed by atoms with E-state index < -0.39 is 0 Å². The van der Waals surface area contributed by atoms with Crippen LogP contribution < -0.4 is 5.32 Å². The van der Waals surface area contributed by atoms with Crippen molar-refractivity contribution >= 4 is 11.8 Å². The highest BCUT2D eigenvalue weighted by Crippen LogP contribution is 2.16. The predicted molar refractivity (Wildman–Crippen MR) is 58.2 cm³/mol. The van der Waals surface area contributed by atoms with E-state index in [1.54, 1.807) is 11.9 Å². The highest BCUT2D eigenvalue weighted by atomic mass is 16.2. The molecule has 1 N–H and O–H groups in total. The standard InChI is InChI=1S/C11H20N2O2/c1-5-7(2)10-11(15)13(4)8(3)6-9(14)12-10/h7-8,10H,5-6H2,1-4H3,(H,12,14). The Morgan fingerprint density at radius 1 is 1.53 bits per heavy atom. The monoisotopic (exact) mass is 212 g/mol. The molecule has 15 heavy (non-hydrogen) atoms. The predicted octanol–water partition coefficient (Wildman–Crippen LogP) is 0.768. The van der Waals surface area contributed by atoms with Gasteiger partial charge in [0.1, 0.15) is 6.04 Å². The zero-order valence-corrected chi connectivity index (χ0v) is 9.91. The zero-order chi connectivity index (χ0) is 11.6. The van der Waals surface area contributed by atoms with Crippen LogP contribution in [0.25, 0.3) is 0 Å². The van der Waals surface area contributed by atoms with E-state index in [0.717, 1.165) is 6.42 Å². The first-order valence-electron chi connectivity index (χ1n) is 5.53. The van der Waals surface area contributed by atoms with Gasteiger partial charge in [0.25, 0.3) is 0 Å². The molecule has 1 fully saturated rings. The number of hydrogen-bond acceptors (Lipinski definition) is 2. The molecule has 3 unspecified atom stereocenters. The van der Waals surface area contributed by atoms with E-state index in [4.69, 9.17) is 0 Å². The summed E-state index contributed by atoms with van der Waals surface area (Å²) in [4.78, 5) is 25.2. The van der Waals surface area contributed by atoms with Crippen LogP contribution >= 0.6 is 0 Å². The van der Waals surface area contributed by atoms with E-state index in [0.29, 0.717) is 6.42 Å². The third-order valence-corrected chi connectivity index (χ3v) is 3.29. The largest absolute Gasteiger partial charge is 0.344 e. The van der Waals surface area contributed by atoms with E-state index in [1.807, 2.05) is 20.8 Å². The average molecular weight is 212 g/mol. The molecule has 0 aromatic rings. The van der Waals surface area contributed by atoms with Gasteiger partial charge < -0.3 is 10.2 Å². The summed E-state index contributed by atoms with van der Waals surface area (Å²) in [6.07, 6.45) is 1.29. The maximum Gasteiger partial charge on any atom is 0.245 e. The molecule has 4 heteroatoms. The first kappa shape index (κ1) is 12.0. The van der Waals surface area contributed by atoms with Crippen LogP contribution in [0.1, 0.15) is 33.6 Å². The van der Waals surface area contributed by atoms with Gasteiger partial charge >= 0.3 is 0 Å². The van der Waals surface area contributed by atoms with Gasteiger partial charge in [0.2, 0.25) is 11.8 Å². The first-order chi connectivity index (χ1) is 6.97. The highest BCUT2D eigenvalue weighted by Gasteiger charge is 2.34. The summed E-state index contributed by atoms with van der Waals surface area (Å²) in [5, 5.41) is 2.81. The fraction of sp³-hybridized carbons (Fsp3) is 0.818. The lowest BCUT2D eigenvalue weighted by molar-refractivity contribution is -0.134. The Balaban J connectivity index is 2.87. The van der Waals surface area contributed by atoms with E-state index >= 15 is 0 Å². The van der Waals surface area contributed by atoms with Gasteiger partial charge in [0.15, 0.2) is 0 Å². The third-order valence-electron chi connectivity index (χ3n) is 3.29. The maximum atomic E-state index is 12.0. The molecule has 0 spiro atoms. The van der Waals surface area contributed by atoms with Crippen LogP contribution in [-0.4, -0.2) is 35.8 Å². The molecule has 3 atom stereocenters. The van der Waals surface area contributed by atoms with Crippen molar-refractivity contribution in [2.75, 3.05) is 7.05 Å². The SMILES string of the molecule is CCC(C)C1NC(=O)CC(C)N(C)C1=O. The molecule has 1 saturated heterocycles. The van der Waals surface area contributed by atoms with E-state index in [1.165, 1.54) is 0 Å². The molecule has 1 aliphatic rings. The smallest absolute Gasteiger partial charge is 0.245 e. The summed E-state index contributed by atoms with van der Waals surface area (Å²) < 4.78 is 0. The van der Waals surface area contributed by atoms with Gasteiger partial charge in [-0.15, -0.1) is 0 Å². The summed E-state index contributed by atoms with van der Waals surface area (Å²) in [6.45, 7) is 5.92. The Bertz CT molecular complexity index is 265. The van der Waals surface area contributed by atoms with Crippen molar-refractivity contribution in [3.05, 3.63) is 0 Å². The zero-order valence-electron chi connectivity index (χ0n) is 9.91. The summed E-state index contributed by atoms with van der Waals surface area (Å²) in [5.41, 5.74) is 0. The maximum absolute atomic E-state index is 12.0. The first-order valence-corrected chi connectivity index (χ1v) is 5.53. The fourth-order valence-corrected chi connectivity index (χ4v) is 1.76.